The number of carbonyl (C=O) groups excluding carboxylic acids is 2. The number of cyclic esters (lactones) is 1. The Morgan fingerprint density at radius 2 is 1.64 bits per heavy atom. The maximum Gasteiger partial charge on any atom is 0.418 e. The average molecular weight is 1030 g/mol. The lowest BCUT2D eigenvalue weighted by Gasteiger charge is -2.48. The number of nitriles is 1. The second-order valence-electron chi connectivity index (χ2n) is 21.4. The summed E-state index contributed by atoms with van der Waals surface area (Å²) in [5.41, 5.74) is -6.42. The molecule has 3 aliphatic heterocycles. The summed E-state index contributed by atoms with van der Waals surface area (Å²) in [6.07, 6.45) is -14.8. The Kier molecular flexibility index (Phi) is 21.7. The molecule has 3 fully saturated rings. The zero-order valence-corrected chi connectivity index (χ0v) is 44.5. The minimum atomic E-state index is -4.74. The number of aliphatic hydroxyl groups excluding tert-OH is 3. The highest BCUT2D eigenvalue weighted by Gasteiger charge is 2.53. The second-order valence-corrected chi connectivity index (χ2v) is 21.4. The van der Waals surface area contributed by atoms with Crippen molar-refractivity contribution in [1.29, 1.82) is 5.26 Å². The van der Waals surface area contributed by atoms with Crippen LogP contribution in [-0.2, 0) is 39.4 Å². The maximum atomic E-state index is 14.6. The van der Waals surface area contributed by atoms with Gasteiger partial charge >= 0.3 is 18.2 Å². The number of ether oxygens (including phenoxy) is 6. The topological polar surface area (TPSA) is 236 Å². The smallest absolute Gasteiger partial charge is 0.418 e. The normalized spacial score (nSPS) is 39.1. The number of para-hydroxylation sites is 1. The zero-order valence-electron chi connectivity index (χ0n) is 44.5. The molecule has 3 heterocycles. The number of nitrogens with zero attached hydrogens (tertiary/aromatic N) is 4. The average Bonchev–Trinajstić information content (AvgIpc) is 3.30. The van der Waals surface area contributed by atoms with Gasteiger partial charge < -0.3 is 69.1 Å². The molecule has 2 amide bonds. The molecular formula is C51H84F3N5O13. The van der Waals surface area contributed by atoms with Crippen molar-refractivity contribution < 1.29 is 76.7 Å². The molecule has 412 valence electrons. The fourth-order valence-electron chi connectivity index (χ4n) is 10.9. The lowest BCUT2D eigenvalue weighted by Crippen LogP contribution is -2.60. The number of amides is 2. The van der Waals surface area contributed by atoms with E-state index in [9.17, 15) is 53.6 Å². The van der Waals surface area contributed by atoms with E-state index < -0.39 is 125 Å². The van der Waals surface area contributed by atoms with Crippen molar-refractivity contribution in [3.05, 3.63) is 29.8 Å². The highest BCUT2D eigenvalue weighted by Crippen LogP contribution is 2.41. The van der Waals surface area contributed by atoms with Gasteiger partial charge in [-0.1, -0.05) is 32.9 Å². The summed E-state index contributed by atoms with van der Waals surface area (Å²) in [5, 5.41) is 71.9. The van der Waals surface area contributed by atoms with Gasteiger partial charge in [-0.2, -0.15) is 18.4 Å². The SMILES string of the molecule is CC[C@H]1OC(=O)[C@H](C)[C@@H](O[C@H]2C[C@@](C)(OC)[C@@H](O)[C@H](C)O2)[C@H](C)[C@@H](O[C@@H]2O[C@H](C)C[C@H](N(C)C)[C@H]2O)[C@](C)(O)C[C@@H](C)CN(CCCN(CCC#N)C(=O)Nc2ccccc2C(F)(F)F)[C@H](C)[C@@H](O)[C@]1(C)O. The predicted octanol–water partition coefficient (Wildman–Crippen LogP) is 5.13. The van der Waals surface area contributed by atoms with Crippen molar-refractivity contribution in [3.63, 3.8) is 0 Å². The van der Waals surface area contributed by atoms with Crippen LogP contribution in [0.1, 0.15) is 113 Å². The Balaban J connectivity index is 1.78. The largest absolute Gasteiger partial charge is 0.459 e. The van der Waals surface area contributed by atoms with Crippen molar-refractivity contribution >= 4 is 17.7 Å². The van der Waals surface area contributed by atoms with E-state index in [2.05, 4.69) is 5.32 Å². The van der Waals surface area contributed by atoms with Crippen LogP contribution in [0.5, 0.6) is 0 Å². The van der Waals surface area contributed by atoms with Crippen LogP contribution in [0.2, 0.25) is 0 Å². The lowest BCUT2D eigenvalue weighted by atomic mass is 9.77. The first-order valence-electron chi connectivity index (χ1n) is 25.3. The summed E-state index contributed by atoms with van der Waals surface area (Å²) in [5.74, 6) is -3.28. The van der Waals surface area contributed by atoms with Crippen LogP contribution < -0.4 is 5.32 Å². The summed E-state index contributed by atoms with van der Waals surface area (Å²) in [7, 11) is 5.14. The van der Waals surface area contributed by atoms with Gasteiger partial charge in [0, 0.05) is 57.7 Å². The minimum Gasteiger partial charge on any atom is -0.459 e. The zero-order chi connectivity index (χ0) is 54.3. The second kappa shape index (κ2) is 25.5. The molecule has 0 radical (unpaired) electrons. The molecule has 0 unspecified atom stereocenters. The first-order valence-corrected chi connectivity index (χ1v) is 25.3. The number of urea groups is 1. The number of alkyl halides is 3. The Morgan fingerprint density at radius 3 is 2.24 bits per heavy atom. The molecule has 1 aromatic rings. The van der Waals surface area contributed by atoms with Crippen molar-refractivity contribution in [3.8, 4) is 6.07 Å². The van der Waals surface area contributed by atoms with Crippen LogP contribution in [0.25, 0.3) is 0 Å². The third kappa shape index (κ3) is 15.0. The van der Waals surface area contributed by atoms with Gasteiger partial charge in [-0.05, 0) is 106 Å². The Hall–Kier alpha value is -3.24. The number of esters is 1. The number of carbonyl (C=O) groups is 2. The van der Waals surface area contributed by atoms with Crippen LogP contribution in [0.15, 0.2) is 24.3 Å². The number of likely N-dealkylation sites (N-methyl/N-ethyl adjacent to an activating group) is 1. The monoisotopic (exact) mass is 1030 g/mol. The highest BCUT2D eigenvalue weighted by molar-refractivity contribution is 5.90. The number of hydrogen-bond acceptors (Lipinski definition) is 16. The number of hydrogen-bond donors (Lipinski definition) is 6. The van der Waals surface area contributed by atoms with Crippen LogP contribution in [0.4, 0.5) is 23.7 Å². The molecule has 3 saturated heterocycles. The fourth-order valence-corrected chi connectivity index (χ4v) is 10.9. The van der Waals surface area contributed by atoms with Gasteiger partial charge in [-0.25, -0.2) is 4.79 Å². The molecule has 72 heavy (non-hydrogen) atoms. The van der Waals surface area contributed by atoms with Gasteiger partial charge in [-0.15, -0.1) is 0 Å². The van der Waals surface area contributed by atoms with E-state index in [0.29, 0.717) is 6.42 Å². The fraction of sp³-hybridized carbons (Fsp3) is 0.824. The summed E-state index contributed by atoms with van der Waals surface area (Å²) >= 11 is 0. The van der Waals surface area contributed by atoms with E-state index in [1.54, 1.807) is 48.5 Å². The van der Waals surface area contributed by atoms with Gasteiger partial charge in [0.05, 0.1) is 65.3 Å². The quantitative estimate of drug-likeness (QED) is 0.133. The standard InChI is InChI=1S/C51H84F3N5O13/c1-14-38-50(10,66)42(61)33(6)59(24-18-23-58(22-17-21-55)47(64)56-36-20-16-15-19-35(36)51(52,53)54)28-29(2)26-48(8,65)44(72-46-40(60)37(57(11)12)25-30(3)68-46)31(4)41(32(5)45(63)70-38)71-39-27-49(9,67-13)43(62)34(7)69-39/h15-16,19-20,29-34,37-44,46,60-62,65-66H,14,17-18,22-28H2,1-13H3,(H,56,64)/t29-,30-,31+,32-,33-,34+,37+,38-,39+,40-,41+,42-,43+,44-,46+,48-,49-,50-/m1/s1. The van der Waals surface area contributed by atoms with Gasteiger partial charge in [-0.3, -0.25) is 9.69 Å². The number of methoxy groups -OCH3 is 1. The third-order valence-corrected chi connectivity index (χ3v) is 15.2. The summed E-state index contributed by atoms with van der Waals surface area (Å²) < 4.78 is 79.5. The molecular weight excluding hydrogens is 948 g/mol. The van der Waals surface area contributed by atoms with Crippen LogP contribution in [0, 0.1) is 29.1 Å². The number of anilines is 1. The van der Waals surface area contributed by atoms with Gasteiger partial charge in [0.2, 0.25) is 0 Å². The molecule has 0 bridgehead atoms. The number of rotatable bonds is 14. The molecule has 21 heteroatoms. The lowest BCUT2D eigenvalue weighted by molar-refractivity contribution is -0.318. The molecule has 0 aromatic heterocycles. The van der Waals surface area contributed by atoms with Crippen LogP contribution in [0.3, 0.4) is 0 Å². The van der Waals surface area contributed by atoms with E-state index in [1.807, 2.05) is 43.8 Å². The van der Waals surface area contributed by atoms with E-state index in [4.69, 9.17) is 28.4 Å². The van der Waals surface area contributed by atoms with Crippen LogP contribution >= 0.6 is 0 Å². The Bertz CT molecular complexity index is 1940. The third-order valence-electron chi connectivity index (χ3n) is 15.2. The van der Waals surface area contributed by atoms with E-state index in [1.165, 1.54) is 31.1 Å². The Morgan fingerprint density at radius 1 is 0.986 bits per heavy atom. The van der Waals surface area contributed by atoms with Crippen molar-refractivity contribution in [2.24, 2.45) is 17.8 Å². The molecule has 1 aromatic carbocycles. The molecule has 4 rings (SSSR count). The van der Waals surface area contributed by atoms with E-state index in [-0.39, 0.29) is 70.4 Å². The molecule has 0 spiro atoms. The van der Waals surface area contributed by atoms with E-state index >= 15 is 0 Å². The van der Waals surface area contributed by atoms with Gasteiger partial charge in [0.25, 0.3) is 0 Å². The first-order chi connectivity index (χ1) is 33.4. The van der Waals surface area contributed by atoms with Gasteiger partial charge in [0.1, 0.15) is 30.0 Å². The summed E-state index contributed by atoms with van der Waals surface area (Å²) in [6.45, 7) is 17.0. The predicted molar refractivity (Wildman–Crippen MR) is 260 cm³/mol. The highest BCUT2D eigenvalue weighted by atomic mass is 19.4. The van der Waals surface area contributed by atoms with Crippen molar-refractivity contribution in [2.45, 2.75) is 204 Å². The molecule has 18 nitrogen and oxygen atoms in total. The molecule has 0 aliphatic carbocycles. The number of nitrogens with one attached hydrogen (secondary N) is 1. The Labute approximate surface area is 424 Å². The van der Waals surface area contributed by atoms with Crippen molar-refractivity contribution in [2.75, 3.05) is 52.7 Å². The molecule has 18 atom stereocenters. The number of halogens is 3. The minimum absolute atomic E-state index is 0.0204. The first kappa shape index (κ1) is 61.3. The number of benzene rings is 1. The van der Waals surface area contributed by atoms with E-state index in [0.717, 1.165) is 12.1 Å². The summed E-state index contributed by atoms with van der Waals surface area (Å²) in [6, 6.07) is 4.46. The van der Waals surface area contributed by atoms with Crippen molar-refractivity contribution in [1.82, 2.24) is 14.7 Å². The molecule has 6 N–H and O–H groups in total. The van der Waals surface area contributed by atoms with Crippen LogP contribution in [-0.4, -0.2) is 190 Å². The summed E-state index contributed by atoms with van der Waals surface area (Å²) in [4.78, 5) is 33.2. The molecule has 0 saturated carbocycles. The maximum absolute atomic E-state index is 14.6. The molecule has 3 aliphatic rings. The number of aliphatic hydroxyl groups is 5. The van der Waals surface area contributed by atoms with Gasteiger partial charge in [0.15, 0.2) is 12.6 Å².